The summed E-state index contributed by atoms with van der Waals surface area (Å²) < 4.78 is 44.2. The van der Waals surface area contributed by atoms with Crippen molar-refractivity contribution in [2.24, 2.45) is 0 Å². The fraction of sp³-hybridized carbons (Fsp3) is 0.500. The summed E-state index contributed by atoms with van der Waals surface area (Å²) in [7, 11) is 0. The number of hydrogen-bond donors (Lipinski definition) is 0. The Labute approximate surface area is 129 Å². The van der Waals surface area contributed by atoms with Crippen molar-refractivity contribution in [2.75, 3.05) is 19.8 Å². The highest BCUT2D eigenvalue weighted by molar-refractivity contribution is 9.10. The highest BCUT2D eigenvalue weighted by Crippen LogP contribution is 2.24. The van der Waals surface area contributed by atoms with Crippen molar-refractivity contribution in [3.63, 3.8) is 0 Å². The van der Waals surface area contributed by atoms with Crippen molar-refractivity contribution in [3.8, 4) is 0 Å². The molecule has 0 aliphatic carbocycles. The minimum Gasteiger partial charge on any atom is -0.381 e. The Balaban J connectivity index is 2.20. The maximum Gasteiger partial charge on any atom is 0.406 e. The number of nitrogens with zero attached hydrogens (tertiary/aromatic N) is 1. The first-order valence-corrected chi connectivity index (χ1v) is 7.37. The predicted molar refractivity (Wildman–Crippen MR) is 75.1 cm³/mol. The van der Waals surface area contributed by atoms with E-state index in [1.54, 1.807) is 12.1 Å². The summed E-state index contributed by atoms with van der Waals surface area (Å²) >= 11 is 3.24. The van der Waals surface area contributed by atoms with Gasteiger partial charge in [-0.15, -0.1) is 0 Å². The van der Waals surface area contributed by atoms with Crippen LogP contribution in [0.25, 0.3) is 0 Å². The number of amides is 1. The quantitative estimate of drug-likeness (QED) is 0.818. The van der Waals surface area contributed by atoms with E-state index in [1.807, 2.05) is 0 Å². The van der Waals surface area contributed by atoms with Crippen LogP contribution in [0.3, 0.4) is 0 Å². The van der Waals surface area contributed by atoms with Crippen molar-refractivity contribution in [1.82, 2.24) is 4.90 Å². The van der Waals surface area contributed by atoms with Crippen molar-refractivity contribution < 1.29 is 22.7 Å². The maximum atomic E-state index is 12.8. The molecule has 1 fully saturated rings. The molecule has 2 rings (SSSR count). The van der Waals surface area contributed by atoms with Crippen molar-refractivity contribution >= 4 is 21.8 Å². The lowest BCUT2D eigenvalue weighted by Gasteiger charge is -2.34. The first-order valence-electron chi connectivity index (χ1n) is 6.58. The lowest BCUT2D eigenvalue weighted by Crippen LogP contribution is -2.47. The van der Waals surface area contributed by atoms with Gasteiger partial charge in [0.05, 0.1) is 0 Å². The van der Waals surface area contributed by atoms with Gasteiger partial charge in [0.1, 0.15) is 6.54 Å². The van der Waals surface area contributed by atoms with E-state index in [4.69, 9.17) is 4.74 Å². The van der Waals surface area contributed by atoms with Gasteiger partial charge in [-0.2, -0.15) is 13.2 Å². The molecule has 0 spiro atoms. The van der Waals surface area contributed by atoms with Gasteiger partial charge in [0, 0.05) is 29.3 Å². The Bertz CT molecular complexity index is 484. The smallest absolute Gasteiger partial charge is 0.381 e. The van der Waals surface area contributed by atoms with Gasteiger partial charge in [-0.1, -0.05) is 15.9 Å². The van der Waals surface area contributed by atoms with Gasteiger partial charge in [-0.3, -0.25) is 4.79 Å². The second-order valence-electron chi connectivity index (χ2n) is 4.90. The van der Waals surface area contributed by atoms with E-state index in [9.17, 15) is 18.0 Å². The molecule has 1 amide bonds. The second-order valence-corrected chi connectivity index (χ2v) is 5.81. The van der Waals surface area contributed by atoms with Crippen LogP contribution < -0.4 is 0 Å². The molecule has 1 aliphatic rings. The third-order valence-electron chi connectivity index (χ3n) is 3.33. The number of ether oxygens (including phenoxy) is 1. The summed E-state index contributed by atoms with van der Waals surface area (Å²) in [4.78, 5) is 13.3. The Morgan fingerprint density at radius 2 is 1.81 bits per heavy atom. The highest BCUT2D eigenvalue weighted by Gasteiger charge is 2.37. The molecule has 0 N–H and O–H groups in total. The average Bonchev–Trinajstić information content (AvgIpc) is 2.45. The van der Waals surface area contributed by atoms with E-state index in [0.29, 0.717) is 26.1 Å². The topological polar surface area (TPSA) is 29.5 Å². The summed E-state index contributed by atoms with van der Waals surface area (Å²) in [6, 6.07) is 5.90. The summed E-state index contributed by atoms with van der Waals surface area (Å²) in [5, 5.41) is 0. The maximum absolute atomic E-state index is 12.8. The third-order valence-corrected chi connectivity index (χ3v) is 3.86. The van der Waals surface area contributed by atoms with Crippen LogP contribution in [0.4, 0.5) is 13.2 Å². The SMILES string of the molecule is O=C(c1ccc(Br)cc1)N(CC(F)(F)F)C1CCOCC1. The molecule has 1 aromatic rings. The molecule has 21 heavy (non-hydrogen) atoms. The number of rotatable bonds is 3. The molecule has 0 unspecified atom stereocenters. The van der Waals surface area contributed by atoms with Crippen molar-refractivity contribution in [3.05, 3.63) is 34.3 Å². The molecular formula is C14H15BrF3NO2. The van der Waals surface area contributed by atoms with Crippen LogP contribution in [0.1, 0.15) is 23.2 Å². The third kappa shape index (κ3) is 4.71. The molecule has 0 atom stereocenters. The summed E-state index contributed by atoms with van der Waals surface area (Å²) in [5.74, 6) is -0.591. The summed E-state index contributed by atoms with van der Waals surface area (Å²) in [5.41, 5.74) is 0.258. The van der Waals surface area contributed by atoms with Gasteiger partial charge >= 0.3 is 6.18 Å². The molecule has 0 bridgehead atoms. The Morgan fingerprint density at radius 3 is 2.33 bits per heavy atom. The molecule has 1 saturated heterocycles. The molecule has 7 heteroatoms. The summed E-state index contributed by atoms with van der Waals surface area (Å²) in [6.45, 7) is -0.466. The van der Waals surface area contributed by atoms with Crippen molar-refractivity contribution in [1.29, 1.82) is 0 Å². The molecule has 116 valence electrons. The molecule has 0 radical (unpaired) electrons. The predicted octanol–water partition coefficient (Wildman–Crippen LogP) is 3.63. The van der Waals surface area contributed by atoms with E-state index >= 15 is 0 Å². The van der Waals surface area contributed by atoms with Gasteiger partial charge < -0.3 is 9.64 Å². The van der Waals surface area contributed by atoms with Crippen LogP contribution in [0.2, 0.25) is 0 Å². The Hall–Kier alpha value is -1.08. The molecule has 0 saturated carbocycles. The van der Waals surface area contributed by atoms with Crippen LogP contribution in [0.5, 0.6) is 0 Å². The zero-order valence-corrected chi connectivity index (χ0v) is 12.8. The van der Waals surface area contributed by atoms with E-state index in [2.05, 4.69) is 15.9 Å². The van der Waals surface area contributed by atoms with E-state index in [-0.39, 0.29) is 5.56 Å². The van der Waals surface area contributed by atoms with Gasteiger partial charge in [0.25, 0.3) is 5.91 Å². The monoisotopic (exact) mass is 365 g/mol. The van der Waals surface area contributed by atoms with Crippen LogP contribution in [0, 0.1) is 0 Å². The van der Waals surface area contributed by atoms with Crippen LogP contribution in [0.15, 0.2) is 28.7 Å². The van der Waals surface area contributed by atoms with E-state index in [0.717, 1.165) is 9.37 Å². The number of carbonyl (C=O) groups is 1. The van der Waals surface area contributed by atoms with Gasteiger partial charge in [-0.05, 0) is 37.1 Å². The zero-order valence-electron chi connectivity index (χ0n) is 11.2. The minimum absolute atomic E-state index is 0.258. The standard InChI is InChI=1S/C14H15BrF3NO2/c15-11-3-1-10(2-4-11)13(20)19(9-14(16,17)18)12-5-7-21-8-6-12/h1-4,12H,5-9H2. The number of halogens is 4. The zero-order chi connectivity index (χ0) is 15.5. The molecule has 1 aromatic carbocycles. The van der Waals surface area contributed by atoms with Crippen LogP contribution in [-0.2, 0) is 4.74 Å². The Kier molecular flexibility index (Phi) is 5.27. The molecular weight excluding hydrogens is 351 g/mol. The van der Waals surface area contributed by atoms with Gasteiger partial charge in [0.15, 0.2) is 0 Å². The largest absolute Gasteiger partial charge is 0.406 e. The number of carbonyl (C=O) groups excluding carboxylic acids is 1. The van der Waals surface area contributed by atoms with Crippen LogP contribution in [-0.4, -0.2) is 42.8 Å². The fourth-order valence-corrected chi connectivity index (χ4v) is 2.58. The lowest BCUT2D eigenvalue weighted by molar-refractivity contribution is -0.147. The van der Waals surface area contributed by atoms with Crippen LogP contribution >= 0.6 is 15.9 Å². The molecule has 1 aliphatic heterocycles. The number of hydrogen-bond acceptors (Lipinski definition) is 2. The average molecular weight is 366 g/mol. The number of alkyl halides is 3. The molecule has 3 nitrogen and oxygen atoms in total. The normalized spacial score (nSPS) is 16.8. The Morgan fingerprint density at radius 1 is 1.24 bits per heavy atom. The molecule has 0 aromatic heterocycles. The second kappa shape index (κ2) is 6.79. The van der Waals surface area contributed by atoms with Gasteiger partial charge in [0.2, 0.25) is 0 Å². The minimum atomic E-state index is -4.41. The lowest BCUT2D eigenvalue weighted by atomic mass is 10.1. The number of benzene rings is 1. The molecule has 1 heterocycles. The van der Waals surface area contributed by atoms with E-state index < -0.39 is 24.7 Å². The van der Waals surface area contributed by atoms with Crippen molar-refractivity contribution in [2.45, 2.75) is 25.1 Å². The first-order chi connectivity index (χ1) is 9.87. The fourth-order valence-electron chi connectivity index (χ4n) is 2.31. The summed E-state index contributed by atoms with van der Waals surface area (Å²) in [6.07, 6.45) is -3.56. The first kappa shape index (κ1) is 16.3. The van der Waals surface area contributed by atoms with Gasteiger partial charge in [-0.25, -0.2) is 0 Å². The highest BCUT2D eigenvalue weighted by atomic mass is 79.9. The van der Waals surface area contributed by atoms with E-state index in [1.165, 1.54) is 12.1 Å².